The average molecular weight is 260 g/mol. The van der Waals surface area contributed by atoms with Crippen LogP contribution in [-0.2, 0) is 6.42 Å². The van der Waals surface area contributed by atoms with E-state index in [1.807, 2.05) is 0 Å². The van der Waals surface area contributed by atoms with E-state index in [9.17, 15) is 5.11 Å². The van der Waals surface area contributed by atoms with Crippen LogP contribution in [0.3, 0.4) is 0 Å². The van der Waals surface area contributed by atoms with Gasteiger partial charge in [-0.3, -0.25) is 0 Å². The summed E-state index contributed by atoms with van der Waals surface area (Å²) in [6, 6.07) is 1.72. The lowest BCUT2D eigenvalue weighted by Crippen LogP contribution is -2.20. The van der Waals surface area contributed by atoms with Crippen molar-refractivity contribution in [3.05, 3.63) is 24.5 Å². The number of hydrogen-bond acceptors (Lipinski definition) is 6. The molecule has 1 fully saturated rings. The first-order chi connectivity index (χ1) is 9.33. The van der Waals surface area contributed by atoms with Gasteiger partial charge in [0.15, 0.2) is 0 Å². The molecule has 1 saturated carbocycles. The zero-order valence-electron chi connectivity index (χ0n) is 10.6. The van der Waals surface area contributed by atoms with E-state index in [2.05, 4.69) is 20.1 Å². The van der Waals surface area contributed by atoms with Crippen molar-refractivity contribution in [1.82, 2.24) is 20.1 Å². The smallest absolute Gasteiger partial charge is 0.229 e. The van der Waals surface area contributed by atoms with E-state index in [1.54, 1.807) is 12.3 Å². The summed E-state index contributed by atoms with van der Waals surface area (Å²) < 4.78 is 5.17. The first-order valence-electron chi connectivity index (χ1n) is 6.60. The van der Waals surface area contributed by atoms with Crippen LogP contribution in [0.15, 0.2) is 23.1 Å². The van der Waals surface area contributed by atoms with Gasteiger partial charge in [0.2, 0.25) is 11.7 Å². The van der Waals surface area contributed by atoms with Gasteiger partial charge in [0, 0.05) is 6.20 Å². The molecule has 6 nitrogen and oxygen atoms in total. The Hall–Kier alpha value is -1.82. The fourth-order valence-corrected chi connectivity index (χ4v) is 2.55. The number of hydrogen-bond donors (Lipinski definition) is 1. The molecule has 0 radical (unpaired) electrons. The van der Waals surface area contributed by atoms with Crippen molar-refractivity contribution in [1.29, 1.82) is 0 Å². The van der Waals surface area contributed by atoms with Gasteiger partial charge in [-0.25, -0.2) is 9.97 Å². The van der Waals surface area contributed by atoms with E-state index in [1.165, 1.54) is 19.2 Å². The lowest BCUT2D eigenvalue weighted by atomic mass is 9.98. The lowest BCUT2D eigenvalue weighted by molar-refractivity contribution is 0.102. The fraction of sp³-hybridized carbons (Fsp3) is 0.538. The summed E-state index contributed by atoms with van der Waals surface area (Å²) in [5.41, 5.74) is 0.625. The molecule has 2 aromatic rings. The summed E-state index contributed by atoms with van der Waals surface area (Å²) in [5.74, 6) is 1.28. The van der Waals surface area contributed by atoms with Gasteiger partial charge in [-0.1, -0.05) is 18.0 Å². The number of aliphatic hydroxyl groups excluding tert-OH is 1. The molecule has 0 saturated heterocycles. The van der Waals surface area contributed by atoms with Gasteiger partial charge in [-0.05, 0) is 24.8 Å². The van der Waals surface area contributed by atoms with Crippen molar-refractivity contribution >= 4 is 0 Å². The minimum Gasteiger partial charge on any atom is -0.392 e. The van der Waals surface area contributed by atoms with Gasteiger partial charge < -0.3 is 9.63 Å². The Morgan fingerprint density at radius 2 is 2.21 bits per heavy atom. The van der Waals surface area contributed by atoms with Crippen molar-refractivity contribution < 1.29 is 9.63 Å². The van der Waals surface area contributed by atoms with Crippen LogP contribution >= 0.6 is 0 Å². The minimum absolute atomic E-state index is 0.370. The standard InChI is InChI=1S/C13H16N4O2/c18-11(9-3-1-2-4-9)7-12-16-13(17-19-12)10-5-6-14-8-15-10/h5-6,8-9,11,18H,1-4,7H2. The molecular formula is C13H16N4O2. The summed E-state index contributed by atoms with van der Waals surface area (Å²) in [5, 5.41) is 14.0. The predicted octanol–water partition coefficient (Wildman–Crippen LogP) is 1.62. The summed E-state index contributed by atoms with van der Waals surface area (Å²) in [4.78, 5) is 12.2. The van der Waals surface area contributed by atoms with E-state index in [4.69, 9.17) is 4.52 Å². The van der Waals surface area contributed by atoms with Crippen molar-refractivity contribution in [3.63, 3.8) is 0 Å². The van der Waals surface area contributed by atoms with Gasteiger partial charge in [0.25, 0.3) is 0 Å². The molecule has 0 amide bonds. The van der Waals surface area contributed by atoms with Crippen LogP contribution in [-0.4, -0.2) is 31.3 Å². The summed E-state index contributed by atoms with van der Waals surface area (Å²) in [7, 11) is 0. The maximum Gasteiger partial charge on any atom is 0.229 e. The quantitative estimate of drug-likeness (QED) is 0.899. The van der Waals surface area contributed by atoms with Gasteiger partial charge in [-0.2, -0.15) is 4.98 Å². The van der Waals surface area contributed by atoms with Crippen molar-refractivity contribution in [2.24, 2.45) is 5.92 Å². The molecule has 19 heavy (non-hydrogen) atoms. The maximum absolute atomic E-state index is 10.1. The zero-order chi connectivity index (χ0) is 13.1. The number of aliphatic hydroxyl groups is 1. The molecule has 1 aliphatic rings. The van der Waals surface area contributed by atoms with Crippen molar-refractivity contribution in [2.75, 3.05) is 0 Å². The molecule has 2 aromatic heterocycles. The molecule has 1 atom stereocenters. The highest BCUT2D eigenvalue weighted by atomic mass is 16.5. The molecule has 1 unspecified atom stereocenters. The van der Waals surface area contributed by atoms with Crippen molar-refractivity contribution in [2.45, 2.75) is 38.2 Å². The molecular weight excluding hydrogens is 244 g/mol. The first-order valence-corrected chi connectivity index (χ1v) is 6.60. The topological polar surface area (TPSA) is 84.9 Å². The first kappa shape index (κ1) is 12.2. The third-order valence-corrected chi connectivity index (χ3v) is 3.61. The van der Waals surface area contributed by atoms with Gasteiger partial charge >= 0.3 is 0 Å². The third kappa shape index (κ3) is 2.78. The number of aromatic nitrogens is 4. The Kier molecular flexibility index (Phi) is 3.50. The maximum atomic E-state index is 10.1. The zero-order valence-corrected chi connectivity index (χ0v) is 10.6. The summed E-state index contributed by atoms with van der Waals surface area (Å²) >= 11 is 0. The van der Waals surface area contributed by atoms with Crippen LogP contribution in [0.2, 0.25) is 0 Å². The molecule has 100 valence electrons. The molecule has 1 aliphatic carbocycles. The highest BCUT2D eigenvalue weighted by molar-refractivity contribution is 5.46. The van der Waals surface area contributed by atoms with Crippen LogP contribution in [0.5, 0.6) is 0 Å². The number of nitrogens with zero attached hydrogens (tertiary/aromatic N) is 4. The van der Waals surface area contributed by atoms with Gasteiger partial charge in [-0.15, -0.1) is 0 Å². The Balaban J connectivity index is 1.68. The lowest BCUT2D eigenvalue weighted by Gasteiger charge is -2.14. The van der Waals surface area contributed by atoms with Crippen LogP contribution in [0.1, 0.15) is 31.6 Å². The largest absolute Gasteiger partial charge is 0.392 e. The van der Waals surface area contributed by atoms with Crippen molar-refractivity contribution in [3.8, 4) is 11.5 Å². The minimum atomic E-state index is -0.388. The van der Waals surface area contributed by atoms with E-state index < -0.39 is 0 Å². The highest BCUT2D eigenvalue weighted by Gasteiger charge is 2.25. The third-order valence-electron chi connectivity index (χ3n) is 3.61. The molecule has 0 bridgehead atoms. The van der Waals surface area contributed by atoms with E-state index >= 15 is 0 Å². The summed E-state index contributed by atoms with van der Waals surface area (Å²) in [6.07, 6.45) is 7.70. The molecule has 6 heteroatoms. The summed E-state index contributed by atoms with van der Waals surface area (Å²) in [6.45, 7) is 0. The second-order valence-electron chi connectivity index (χ2n) is 4.92. The second kappa shape index (κ2) is 5.44. The monoisotopic (exact) mass is 260 g/mol. The predicted molar refractivity (Wildman–Crippen MR) is 67.0 cm³/mol. The second-order valence-corrected chi connectivity index (χ2v) is 4.92. The fourth-order valence-electron chi connectivity index (χ4n) is 2.55. The van der Waals surface area contributed by atoms with Crippen LogP contribution in [0, 0.1) is 5.92 Å². The highest BCUT2D eigenvalue weighted by Crippen LogP contribution is 2.29. The van der Waals surface area contributed by atoms with E-state index in [0.717, 1.165) is 12.8 Å². The van der Waals surface area contributed by atoms with Crippen LogP contribution < -0.4 is 0 Å². The molecule has 3 rings (SSSR count). The van der Waals surface area contributed by atoms with Crippen LogP contribution in [0.25, 0.3) is 11.5 Å². The Morgan fingerprint density at radius 1 is 1.37 bits per heavy atom. The number of rotatable bonds is 4. The van der Waals surface area contributed by atoms with Gasteiger partial charge in [0.1, 0.15) is 12.0 Å². The molecule has 1 N–H and O–H groups in total. The molecule has 2 heterocycles. The normalized spacial score (nSPS) is 17.7. The van der Waals surface area contributed by atoms with E-state index in [0.29, 0.717) is 29.7 Å². The Labute approximate surface area is 110 Å². The molecule has 0 aromatic carbocycles. The molecule has 0 aliphatic heterocycles. The Bertz CT molecular complexity index is 522. The van der Waals surface area contributed by atoms with E-state index in [-0.39, 0.29) is 6.10 Å². The average Bonchev–Trinajstić information content (AvgIpc) is 3.11. The Morgan fingerprint density at radius 3 is 2.95 bits per heavy atom. The SMILES string of the molecule is OC(Cc1nc(-c2ccncn2)no1)C1CCCC1. The van der Waals surface area contributed by atoms with Crippen LogP contribution in [0.4, 0.5) is 0 Å². The van der Waals surface area contributed by atoms with Gasteiger partial charge in [0.05, 0.1) is 12.5 Å². The molecule has 0 spiro atoms.